The van der Waals surface area contributed by atoms with Crippen molar-refractivity contribution in [3.63, 3.8) is 0 Å². The van der Waals surface area contributed by atoms with Gasteiger partial charge in [-0.2, -0.15) is 26.3 Å². The third kappa shape index (κ3) is 16.9. The largest absolute Gasteiger partial charge is 2.00 e. The van der Waals surface area contributed by atoms with E-state index >= 15 is 0 Å². The molecule has 0 radical (unpaired) electrons. The van der Waals surface area contributed by atoms with Gasteiger partial charge >= 0.3 is 34.1 Å². The average molecular weight is 327 g/mol. The number of hydrogen-bond acceptors (Lipinski definition) is 6. The van der Waals surface area contributed by atoms with E-state index in [0.29, 0.717) is 0 Å². The first-order chi connectivity index (χ1) is 5.89. The Hall–Kier alpha value is 0.536. The van der Waals surface area contributed by atoms with Crippen LogP contribution in [0, 0.1) is 0 Å². The van der Waals surface area contributed by atoms with Crippen LogP contribution in [0.5, 0.6) is 0 Å². The van der Waals surface area contributed by atoms with Crippen LogP contribution in [0.15, 0.2) is 0 Å². The molecule has 0 aliphatic rings. The van der Waals surface area contributed by atoms with Crippen molar-refractivity contribution in [3.05, 3.63) is 0 Å². The third-order valence-corrected chi connectivity index (χ3v) is 1.13. The Balaban J connectivity index is -0.0000000800. The fraction of sp³-hybridized carbons (Fsp3) is 1.00. The first-order valence-electron chi connectivity index (χ1n) is 2.21. The predicted octanol–water partition coefficient (Wildman–Crippen LogP) is 1.67. The Morgan fingerprint density at radius 3 is 0.688 bits per heavy atom. The van der Waals surface area contributed by atoms with Gasteiger partial charge in [0, 0.05) is 21.4 Å². The second kappa shape index (κ2) is 9.55. The molecule has 0 fully saturated rings. The summed E-state index contributed by atoms with van der Waals surface area (Å²) < 4.78 is 99.0. The van der Waals surface area contributed by atoms with Crippen molar-refractivity contribution >= 4 is 56.9 Å². The Bertz CT molecular complexity index is 269. The van der Waals surface area contributed by atoms with Crippen molar-refractivity contribution in [2.45, 2.75) is 11.0 Å². The van der Waals surface area contributed by atoms with E-state index in [0.717, 1.165) is 0 Å². The molecular formula is C2HClF6MgO4S2. The quantitative estimate of drug-likeness (QED) is 0.386. The molecule has 96 valence electrons. The van der Waals surface area contributed by atoms with Crippen molar-refractivity contribution in [2.24, 2.45) is 0 Å². The van der Waals surface area contributed by atoms with Gasteiger partial charge in [0.15, 0.2) is 0 Å². The van der Waals surface area contributed by atoms with Crippen LogP contribution >= 0.6 is 12.4 Å². The molecule has 0 aromatic carbocycles. The Labute approximate surface area is 111 Å². The molecule has 16 heavy (non-hydrogen) atoms. The van der Waals surface area contributed by atoms with E-state index in [1.165, 1.54) is 0 Å². The molecular weight excluding hydrogens is 326 g/mol. The van der Waals surface area contributed by atoms with Gasteiger partial charge in [0.1, 0.15) is 0 Å². The molecule has 0 aliphatic carbocycles. The molecule has 0 N–H and O–H groups in total. The first-order valence-corrected chi connectivity index (χ1v) is 4.36. The van der Waals surface area contributed by atoms with Gasteiger partial charge in [-0.05, 0) is 0 Å². The Morgan fingerprint density at radius 1 is 0.625 bits per heavy atom. The van der Waals surface area contributed by atoms with Gasteiger partial charge in [0.25, 0.3) is 0 Å². The zero-order valence-electron chi connectivity index (χ0n) is 6.83. The number of halogens is 7. The Morgan fingerprint density at radius 2 is 0.688 bits per heavy atom. The van der Waals surface area contributed by atoms with Crippen molar-refractivity contribution in [1.82, 2.24) is 0 Å². The minimum atomic E-state index is -5.08. The molecule has 14 heteroatoms. The second-order valence-electron chi connectivity index (χ2n) is 1.36. The van der Waals surface area contributed by atoms with Gasteiger partial charge in [0.05, 0.1) is 0 Å². The van der Waals surface area contributed by atoms with Crippen LogP contribution < -0.4 is 0 Å². The van der Waals surface area contributed by atoms with E-state index < -0.39 is 32.4 Å². The van der Waals surface area contributed by atoms with Crippen LogP contribution in [-0.2, 0) is 38.2 Å². The molecule has 0 aromatic rings. The standard InChI is InChI=1S/2CF3O2S.ClH.Mg/c2*2-1(3,4)7(5)6;;/h;;1H;/q2*-1;;+2. The molecule has 4 nitrogen and oxygen atoms in total. The number of hydrogen-bond donors (Lipinski definition) is 0. The smallest absolute Gasteiger partial charge is 0.416 e. The van der Waals surface area contributed by atoms with E-state index in [2.05, 4.69) is 0 Å². The van der Waals surface area contributed by atoms with Gasteiger partial charge in [-0.25, -0.2) is 0 Å². The maximum atomic E-state index is 10.6. The van der Waals surface area contributed by atoms with Crippen molar-refractivity contribution in [3.8, 4) is 0 Å². The summed E-state index contributed by atoms with van der Waals surface area (Å²) in [5.74, 6) is 0. The van der Waals surface area contributed by atoms with Crippen LogP contribution in [0.2, 0.25) is 0 Å². The summed E-state index contributed by atoms with van der Waals surface area (Å²) in [4.78, 5) is 0. The van der Waals surface area contributed by atoms with Gasteiger partial charge < -0.3 is 16.8 Å². The molecule has 0 atom stereocenters. The molecule has 0 bridgehead atoms. The molecule has 0 heterocycles. The zero-order valence-corrected chi connectivity index (χ0v) is 10.7. The van der Waals surface area contributed by atoms with E-state index in [4.69, 9.17) is 16.8 Å². The number of alkyl halides is 6. The normalized spacial score (nSPS) is 11.0. The first kappa shape index (κ1) is 25.4. The van der Waals surface area contributed by atoms with Crippen LogP contribution in [0.3, 0.4) is 0 Å². The zero-order chi connectivity index (χ0) is 12.2. The molecule has 0 saturated carbocycles. The van der Waals surface area contributed by atoms with Gasteiger partial charge in [0.2, 0.25) is 0 Å². The SMILES string of the molecule is Cl.O=[S-](=O)C(F)(F)F.O=[S-](=O)C(F)(F)F.[Mg+2]. The van der Waals surface area contributed by atoms with E-state index in [1.807, 2.05) is 0 Å². The van der Waals surface area contributed by atoms with Gasteiger partial charge in [-0.1, -0.05) is 0 Å². The third-order valence-electron chi connectivity index (χ3n) is 0.378. The maximum absolute atomic E-state index is 10.6. The summed E-state index contributed by atoms with van der Waals surface area (Å²) in [6.45, 7) is 0. The molecule has 0 spiro atoms. The van der Waals surface area contributed by atoms with Gasteiger partial charge in [-0.3, -0.25) is 0 Å². The summed E-state index contributed by atoms with van der Waals surface area (Å²) in [5, 5.41) is 0. The maximum Gasteiger partial charge on any atom is 2.00 e. The van der Waals surface area contributed by atoms with Crippen LogP contribution in [-0.4, -0.2) is 34.1 Å². The summed E-state index contributed by atoms with van der Waals surface area (Å²) in [6, 6.07) is 0. The van der Waals surface area contributed by atoms with Crippen LogP contribution in [0.1, 0.15) is 0 Å². The van der Waals surface area contributed by atoms with Crippen LogP contribution in [0.4, 0.5) is 26.3 Å². The average Bonchev–Trinajstić information content (AvgIpc) is 1.83. The minimum absolute atomic E-state index is 0. The molecule has 0 amide bonds. The molecule has 0 unspecified atom stereocenters. The topological polar surface area (TPSA) is 68.3 Å². The second-order valence-corrected chi connectivity index (χ2v) is 3.23. The molecule has 0 aliphatic heterocycles. The minimum Gasteiger partial charge on any atom is -0.416 e. The van der Waals surface area contributed by atoms with Crippen molar-refractivity contribution in [1.29, 1.82) is 0 Å². The van der Waals surface area contributed by atoms with Crippen molar-refractivity contribution < 1.29 is 43.2 Å². The van der Waals surface area contributed by atoms with Crippen molar-refractivity contribution in [2.75, 3.05) is 0 Å². The summed E-state index contributed by atoms with van der Waals surface area (Å²) >= 11 is 0. The van der Waals surface area contributed by atoms with E-state index in [-0.39, 0.29) is 35.5 Å². The number of rotatable bonds is 0. The fourth-order valence-corrected chi connectivity index (χ4v) is 0. The fourth-order valence-electron chi connectivity index (χ4n) is 0. The van der Waals surface area contributed by atoms with E-state index in [1.54, 1.807) is 0 Å². The molecule has 0 saturated heterocycles. The molecule has 0 aromatic heterocycles. The monoisotopic (exact) mass is 326 g/mol. The van der Waals surface area contributed by atoms with Gasteiger partial charge in [-0.15, -0.1) is 12.4 Å². The van der Waals surface area contributed by atoms with E-state index in [9.17, 15) is 26.3 Å². The predicted molar refractivity (Wildman–Crippen MR) is 42.6 cm³/mol. The summed E-state index contributed by atoms with van der Waals surface area (Å²) in [6.07, 6.45) is 0. The summed E-state index contributed by atoms with van der Waals surface area (Å²) in [7, 11) is -7.87. The van der Waals surface area contributed by atoms with Crippen LogP contribution in [0.25, 0.3) is 0 Å². The Kier molecular flexibility index (Phi) is 15.2. The molecule has 0 rings (SSSR count). The summed E-state index contributed by atoms with van der Waals surface area (Å²) in [5.41, 5.74) is -10.2.